The van der Waals surface area contributed by atoms with Crippen molar-refractivity contribution in [2.75, 3.05) is 18.0 Å². The van der Waals surface area contributed by atoms with Gasteiger partial charge in [0.25, 0.3) is 6.01 Å². The summed E-state index contributed by atoms with van der Waals surface area (Å²) in [5.74, 6) is -1.30. The number of anilines is 1. The fourth-order valence-corrected chi connectivity index (χ4v) is 3.39. The van der Waals surface area contributed by atoms with E-state index in [1.165, 1.54) is 6.07 Å². The molecule has 2 atom stereocenters. The molecule has 2 heterocycles. The number of carboxylic acids is 1. The van der Waals surface area contributed by atoms with Crippen LogP contribution in [0.4, 0.5) is 10.8 Å². The van der Waals surface area contributed by atoms with E-state index in [-0.39, 0.29) is 48.1 Å². The largest absolute Gasteiger partial charge is 1.00 e. The Hall–Kier alpha value is -2.17. The van der Waals surface area contributed by atoms with Crippen LogP contribution in [0.1, 0.15) is 45.0 Å². The van der Waals surface area contributed by atoms with E-state index in [0.717, 1.165) is 0 Å². The maximum Gasteiger partial charge on any atom is 1.00 e. The van der Waals surface area contributed by atoms with E-state index in [0.29, 0.717) is 24.7 Å². The van der Waals surface area contributed by atoms with Crippen molar-refractivity contribution in [2.45, 2.75) is 52.3 Å². The van der Waals surface area contributed by atoms with E-state index in [1.54, 1.807) is 17.0 Å². The minimum atomic E-state index is -1.30. The number of ether oxygens (including phenoxy) is 1. The van der Waals surface area contributed by atoms with Gasteiger partial charge in [0.05, 0.1) is 5.97 Å². The van der Waals surface area contributed by atoms with Crippen LogP contribution in [-0.4, -0.2) is 52.7 Å². The van der Waals surface area contributed by atoms with Gasteiger partial charge in [0.1, 0.15) is 11.1 Å². The molecule has 28 heavy (non-hydrogen) atoms. The first-order chi connectivity index (χ1) is 12.6. The van der Waals surface area contributed by atoms with Crippen molar-refractivity contribution in [2.24, 2.45) is 0 Å². The van der Waals surface area contributed by atoms with E-state index in [1.807, 2.05) is 39.5 Å². The van der Waals surface area contributed by atoms with Crippen LogP contribution >= 0.6 is 0 Å². The van der Waals surface area contributed by atoms with Gasteiger partial charge in [-0.05, 0) is 40.7 Å². The Bertz CT molecular complexity index is 864. The number of piperazine rings is 1. The van der Waals surface area contributed by atoms with Crippen LogP contribution in [0.15, 0.2) is 22.6 Å². The fraction of sp³-hybridized carbons (Fsp3) is 0.526. The van der Waals surface area contributed by atoms with Gasteiger partial charge in [-0.3, -0.25) is 0 Å². The number of carbonyl (C=O) groups excluding carboxylic acids is 2. The second kappa shape index (κ2) is 8.06. The molecule has 1 fully saturated rings. The molecule has 8 nitrogen and oxygen atoms in total. The molecule has 0 spiro atoms. The van der Waals surface area contributed by atoms with Crippen LogP contribution in [0.3, 0.4) is 0 Å². The van der Waals surface area contributed by atoms with Crippen LogP contribution in [0.5, 0.6) is 0 Å². The number of aromatic carboxylic acids is 1. The molecule has 0 saturated carbocycles. The molecule has 1 aliphatic heterocycles. The van der Waals surface area contributed by atoms with Gasteiger partial charge in [-0.25, -0.2) is 4.79 Å². The molecule has 1 aromatic heterocycles. The van der Waals surface area contributed by atoms with E-state index in [9.17, 15) is 14.7 Å². The molecule has 146 valence electrons. The molecule has 1 aliphatic rings. The second-order valence-corrected chi connectivity index (χ2v) is 7.93. The van der Waals surface area contributed by atoms with E-state index >= 15 is 0 Å². The smallest absolute Gasteiger partial charge is 0.545 e. The summed E-state index contributed by atoms with van der Waals surface area (Å²) in [5.41, 5.74) is 0.0970. The van der Waals surface area contributed by atoms with Gasteiger partial charge in [-0.15, -0.1) is 0 Å². The van der Waals surface area contributed by atoms with Crippen molar-refractivity contribution in [3.05, 3.63) is 23.8 Å². The zero-order valence-electron chi connectivity index (χ0n) is 17.2. The number of aromatic nitrogens is 1. The third kappa shape index (κ3) is 4.45. The standard InChI is InChI=1S/C19H25N3O5.Li/c1-11-9-21(18(25)27-19(3,4)5)10-12(2)22(11)17-20-15-13(16(23)24)7-6-8-14(15)26-17;/h6-8,11-12H,9-10H2,1-5H3,(H,23,24);/q;+1/p-1. The van der Waals surface area contributed by atoms with Crippen molar-refractivity contribution >= 4 is 29.2 Å². The Morgan fingerprint density at radius 2 is 1.82 bits per heavy atom. The van der Waals surface area contributed by atoms with Crippen molar-refractivity contribution in [1.29, 1.82) is 0 Å². The topological polar surface area (TPSA) is 98.9 Å². The van der Waals surface area contributed by atoms with Gasteiger partial charge >= 0.3 is 25.0 Å². The number of para-hydroxylation sites is 1. The number of carbonyl (C=O) groups is 2. The Kier molecular flexibility index (Phi) is 6.36. The molecule has 0 radical (unpaired) electrons. The Morgan fingerprint density at radius 1 is 1.21 bits per heavy atom. The maximum absolute atomic E-state index is 12.4. The van der Waals surface area contributed by atoms with Gasteiger partial charge in [0.15, 0.2) is 5.58 Å². The minimum absolute atomic E-state index is 0. The molecule has 1 aromatic carbocycles. The summed E-state index contributed by atoms with van der Waals surface area (Å²) in [4.78, 5) is 31.7. The molecular formula is C19H24LiN3O5. The average Bonchev–Trinajstić information content (AvgIpc) is 2.95. The normalized spacial score (nSPS) is 20.0. The summed E-state index contributed by atoms with van der Waals surface area (Å²) in [6.45, 7) is 10.3. The first-order valence-electron chi connectivity index (χ1n) is 8.94. The Balaban J connectivity index is 0.00000280. The summed E-state index contributed by atoms with van der Waals surface area (Å²) < 4.78 is 11.3. The van der Waals surface area contributed by atoms with Crippen molar-refractivity contribution < 1.29 is 42.7 Å². The molecule has 0 bridgehead atoms. The van der Waals surface area contributed by atoms with Crippen molar-refractivity contribution in [3.63, 3.8) is 0 Å². The van der Waals surface area contributed by atoms with Crippen LogP contribution in [0.2, 0.25) is 0 Å². The van der Waals surface area contributed by atoms with Crippen LogP contribution in [0, 0.1) is 0 Å². The van der Waals surface area contributed by atoms with Gasteiger partial charge in [-0.1, -0.05) is 12.1 Å². The average molecular weight is 381 g/mol. The molecule has 9 heteroatoms. The predicted molar refractivity (Wildman–Crippen MR) is 97.5 cm³/mol. The van der Waals surface area contributed by atoms with Crippen LogP contribution < -0.4 is 28.9 Å². The number of hydrogen-bond acceptors (Lipinski definition) is 7. The molecule has 2 aromatic rings. The van der Waals surface area contributed by atoms with Crippen LogP contribution in [0.25, 0.3) is 11.1 Å². The number of oxazole rings is 1. The zero-order chi connectivity index (χ0) is 19.9. The maximum atomic E-state index is 12.4. The fourth-order valence-electron chi connectivity index (χ4n) is 3.39. The first-order valence-corrected chi connectivity index (χ1v) is 8.94. The summed E-state index contributed by atoms with van der Waals surface area (Å²) in [6.07, 6.45) is -0.349. The summed E-state index contributed by atoms with van der Waals surface area (Å²) in [6, 6.07) is 4.88. The number of rotatable bonds is 2. The summed E-state index contributed by atoms with van der Waals surface area (Å²) in [5, 5.41) is 11.3. The molecule has 0 aliphatic carbocycles. The number of hydrogen-bond donors (Lipinski definition) is 0. The quantitative estimate of drug-likeness (QED) is 0.617. The van der Waals surface area contributed by atoms with E-state index in [4.69, 9.17) is 9.15 Å². The first kappa shape index (κ1) is 22.1. The molecule has 0 N–H and O–H groups in total. The number of fused-ring (bicyclic) bond motifs is 1. The van der Waals surface area contributed by atoms with Crippen molar-refractivity contribution in [3.8, 4) is 0 Å². The third-order valence-electron chi connectivity index (χ3n) is 4.42. The zero-order valence-corrected chi connectivity index (χ0v) is 17.2. The number of amides is 1. The molecule has 2 unspecified atom stereocenters. The monoisotopic (exact) mass is 381 g/mol. The minimum Gasteiger partial charge on any atom is -0.545 e. The molecule has 1 amide bonds. The van der Waals surface area contributed by atoms with Crippen molar-refractivity contribution in [1.82, 2.24) is 9.88 Å². The van der Waals surface area contributed by atoms with E-state index in [2.05, 4.69) is 4.98 Å². The SMILES string of the molecule is CC1CN(C(=O)OC(C)(C)C)CC(C)N1c1nc2c(C(=O)[O-])cccc2o1.[Li+]. The number of carboxylic acid groups (broad SMARTS) is 1. The Morgan fingerprint density at radius 3 is 2.36 bits per heavy atom. The summed E-state index contributed by atoms with van der Waals surface area (Å²) in [7, 11) is 0. The van der Waals surface area contributed by atoms with Gasteiger partial charge < -0.3 is 28.9 Å². The Labute approximate surface area is 176 Å². The molecular weight excluding hydrogens is 357 g/mol. The third-order valence-corrected chi connectivity index (χ3v) is 4.42. The van der Waals surface area contributed by atoms with Gasteiger partial charge in [0, 0.05) is 30.7 Å². The van der Waals surface area contributed by atoms with E-state index < -0.39 is 11.6 Å². The number of nitrogens with zero attached hydrogens (tertiary/aromatic N) is 3. The van der Waals surface area contributed by atoms with Crippen LogP contribution in [-0.2, 0) is 4.74 Å². The molecule has 3 rings (SSSR count). The molecule has 1 saturated heterocycles. The number of benzene rings is 1. The second-order valence-electron chi connectivity index (χ2n) is 7.93. The van der Waals surface area contributed by atoms with Gasteiger partial charge in [0.2, 0.25) is 0 Å². The van der Waals surface area contributed by atoms with Gasteiger partial charge in [-0.2, -0.15) is 4.98 Å². The summed E-state index contributed by atoms with van der Waals surface area (Å²) >= 11 is 0. The predicted octanol–water partition coefficient (Wildman–Crippen LogP) is -0.971.